The fourth-order valence-corrected chi connectivity index (χ4v) is 1.41. The van der Waals surface area contributed by atoms with Gasteiger partial charge in [0.05, 0.1) is 12.0 Å². The van der Waals surface area contributed by atoms with Crippen LogP contribution in [0.2, 0.25) is 0 Å². The largest absolute Gasteiger partial charge is 0.306 e. The number of para-hydroxylation sites is 1. The molecule has 0 amide bonds. The molecular formula is C12H10N2O. The Balaban J connectivity index is 2.47. The van der Waals surface area contributed by atoms with Crippen LogP contribution in [0.25, 0.3) is 11.8 Å². The van der Waals surface area contributed by atoms with Gasteiger partial charge in [-0.15, -0.1) is 0 Å². The standard InChI is InChI=1S/C12H10N2O/c15-9-3-5-11-4-1-2-6-12(11)14-8-7-13-10-14/h1-10H/b5-3+. The molecule has 0 bridgehead atoms. The van der Waals surface area contributed by atoms with Gasteiger partial charge in [-0.3, -0.25) is 4.79 Å². The second-order valence-corrected chi connectivity index (χ2v) is 3.02. The molecule has 3 nitrogen and oxygen atoms in total. The van der Waals surface area contributed by atoms with E-state index in [4.69, 9.17) is 0 Å². The van der Waals surface area contributed by atoms with Crippen LogP contribution in [0, 0.1) is 0 Å². The first kappa shape index (κ1) is 9.40. The topological polar surface area (TPSA) is 34.9 Å². The number of hydrogen-bond donors (Lipinski definition) is 0. The lowest BCUT2D eigenvalue weighted by atomic mass is 10.1. The molecule has 2 rings (SSSR count). The molecule has 0 fully saturated rings. The molecule has 0 aliphatic rings. The predicted octanol–water partition coefficient (Wildman–Crippen LogP) is 2.08. The van der Waals surface area contributed by atoms with Crippen molar-refractivity contribution < 1.29 is 4.79 Å². The van der Waals surface area contributed by atoms with Gasteiger partial charge in [-0.1, -0.05) is 18.2 Å². The molecule has 1 aromatic heterocycles. The van der Waals surface area contributed by atoms with Crippen molar-refractivity contribution in [3.8, 4) is 5.69 Å². The fourth-order valence-electron chi connectivity index (χ4n) is 1.41. The maximum Gasteiger partial charge on any atom is 0.142 e. The first-order chi connectivity index (χ1) is 7.42. The van der Waals surface area contributed by atoms with Gasteiger partial charge < -0.3 is 4.57 Å². The van der Waals surface area contributed by atoms with Gasteiger partial charge in [-0.05, 0) is 23.8 Å². The number of hydrogen-bond acceptors (Lipinski definition) is 2. The molecule has 74 valence electrons. The van der Waals surface area contributed by atoms with Crippen molar-refractivity contribution >= 4 is 12.4 Å². The van der Waals surface area contributed by atoms with E-state index in [0.29, 0.717) is 0 Å². The molecule has 0 saturated carbocycles. The fraction of sp³-hybridized carbons (Fsp3) is 0. The number of aromatic nitrogens is 2. The third-order valence-corrected chi connectivity index (χ3v) is 2.07. The van der Waals surface area contributed by atoms with Gasteiger partial charge in [0.1, 0.15) is 6.29 Å². The zero-order chi connectivity index (χ0) is 10.5. The molecule has 0 N–H and O–H groups in total. The Hall–Kier alpha value is -2.16. The maximum absolute atomic E-state index is 10.3. The molecule has 3 heteroatoms. The molecule has 0 aliphatic carbocycles. The Labute approximate surface area is 87.7 Å². The molecule has 0 aliphatic heterocycles. The molecule has 15 heavy (non-hydrogen) atoms. The van der Waals surface area contributed by atoms with Crippen LogP contribution in [0.3, 0.4) is 0 Å². The molecule has 2 aromatic rings. The predicted molar refractivity (Wildman–Crippen MR) is 58.7 cm³/mol. The summed E-state index contributed by atoms with van der Waals surface area (Å²) in [5.74, 6) is 0. The number of aldehydes is 1. The summed E-state index contributed by atoms with van der Waals surface area (Å²) in [5.41, 5.74) is 2.00. The number of carbonyl (C=O) groups is 1. The summed E-state index contributed by atoms with van der Waals surface area (Å²) in [6, 6.07) is 7.82. The Morgan fingerprint density at radius 1 is 1.27 bits per heavy atom. The highest BCUT2D eigenvalue weighted by atomic mass is 16.1. The minimum absolute atomic E-state index is 0.769. The second-order valence-electron chi connectivity index (χ2n) is 3.02. The Bertz CT molecular complexity index is 472. The number of imidazole rings is 1. The number of nitrogens with zero attached hydrogens (tertiary/aromatic N) is 2. The van der Waals surface area contributed by atoms with Crippen LogP contribution in [-0.2, 0) is 4.79 Å². The molecule has 1 heterocycles. The van der Waals surface area contributed by atoms with Crippen molar-refractivity contribution in [2.75, 3.05) is 0 Å². The van der Waals surface area contributed by atoms with E-state index in [1.165, 1.54) is 6.08 Å². The van der Waals surface area contributed by atoms with Crippen LogP contribution in [0.5, 0.6) is 0 Å². The molecule has 0 saturated heterocycles. The lowest BCUT2D eigenvalue weighted by molar-refractivity contribution is -0.104. The minimum Gasteiger partial charge on any atom is -0.306 e. The number of benzene rings is 1. The van der Waals surface area contributed by atoms with E-state index in [2.05, 4.69) is 4.98 Å². The summed E-state index contributed by atoms with van der Waals surface area (Å²) in [4.78, 5) is 14.3. The molecule has 0 radical (unpaired) electrons. The molecular weight excluding hydrogens is 188 g/mol. The summed E-state index contributed by atoms with van der Waals surface area (Å²) in [6.07, 6.45) is 9.35. The van der Waals surface area contributed by atoms with Gasteiger partial charge in [0.25, 0.3) is 0 Å². The van der Waals surface area contributed by atoms with Crippen LogP contribution < -0.4 is 0 Å². The van der Waals surface area contributed by atoms with E-state index in [1.54, 1.807) is 18.6 Å². The van der Waals surface area contributed by atoms with Crippen LogP contribution >= 0.6 is 0 Å². The first-order valence-electron chi connectivity index (χ1n) is 4.61. The summed E-state index contributed by atoms with van der Waals surface area (Å²) < 4.78 is 1.91. The van der Waals surface area contributed by atoms with Gasteiger partial charge in [-0.25, -0.2) is 4.98 Å². The van der Waals surface area contributed by atoms with E-state index in [9.17, 15) is 4.79 Å². The van der Waals surface area contributed by atoms with Crippen molar-refractivity contribution in [1.82, 2.24) is 9.55 Å². The van der Waals surface area contributed by atoms with Gasteiger partial charge >= 0.3 is 0 Å². The number of allylic oxidation sites excluding steroid dienone is 1. The summed E-state index contributed by atoms with van der Waals surface area (Å²) in [7, 11) is 0. The Morgan fingerprint density at radius 3 is 2.87 bits per heavy atom. The van der Waals surface area contributed by atoms with Crippen LogP contribution in [0.4, 0.5) is 0 Å². The Morgan fingerprint density at radius 2 is 2.13 bits per heavy atom. The van der Waals surface area contributed by atoms with E-state index in [1.807, 2.05) is 35.0 Å². The van der Waals surface area contributed by atoms with Crippen LogP contribution in [-0.4, -0.2) is 15.8 Å². The highest BCUT2D eigenvalue weighted by Gasteiger charge is 1.99. The lowest BCUT2D eigenvalue weighted by Crippen LogP contribution is -1.92. The molecule has 0 spiro atoms. The van der Waals surface area contributed by atoms with Gasteiger partial charge in [0.15, 0.2) is 0 Å². The number of carbonyl (C=O) groups excluding carboxylic acids is 1. The van der Waals surface area contributed by atoms with Crippen molar-refractivity contribution in [2.45, 2.75) is 0 Å². The van der Waals surface area contributed by atoms with Crippen molar-refractivity contribution in [2.24, 2.45) is 0 Å². The average molecular weight is 198 g/mol. The number of rotatable bonds is 3. The highest BCUT2D eigenvalue weighted by molar-refractivity contribution is 5.76. The second kappa shape index (κ2) is 4.37. The van der Waals surface area contributed by atoms with Gasteiger partial charge in [0, 0.05) is 12.4 Å². The van der Waals surface area contributed by atoms with Crippen molar-refractivity contribution in [3.05, 3.63) is 54.6 Å². The van der Waals surface area contributed by atoms with Gasteiger partial charge in [0.2, 0.25) is 0 Å². The lowest BCUT2D eigenvalue weighted by Gasteiger charge is -2.05. The van der Waals surface area contributed by atoms with Crippen LogP contribution in [0.1, 0.15) is 5.56 Å². The first-order valence-corrected chi connectivity index (χ1v) is 4.61. The zero-order valence-corrected chi connectivity index (χ0v) is 8.08. The summed E-state index contributed by atoms with van der Waals surface area (Å²) in [6.45, 7) is 0. The van der Waals surface area contributed by atoms with Crippen molar-refractivity contribution in [1.29, 1.82) is 0 Å². The van der Waals surface area contributed by atoms with E-state index < -0.39 is 0 Å². The van der Waals surface area contributed by atoms with E-state index in [0.717, 1.165) is 17.5 Å². The van der Waals surface area contributed by atoms with Crippen molar-refractivity contribution in [3.63, 3.8) is 0 Å². The summed E-state index contributed by atoms with van der Waals surface area (Å²) in [5, 5.41) is 0. The highest BCUT2D eigenvalue weighted by Crippen LogP contribution is 2.15. The quantitative estimate of drug-likeness (QED) is 0.559. The Kier molecular flexibility index (Phi) is 2.74. The molecule has 0 unspecified atom stereocenters. The monoisotopic (exact) mass is 198 g/mol. The maximum atomic E-state index is 10.3. The summed E-state index contributed by atoms with van der Waals surface area (Å²) >= 11 is 0. The molecule has 1 aromatic carbocycles. The third kappa shape index (κ3) is 2.02. The molecule has 0 atom stereocenters. The minimum atomic E-state index is 0.769. The van der Waals surface area contributed by atoms with Gasteiger partial charge in [-0.2, -0.15) is 0 Å². The SMILES string of the molecule is O=C/C=C/c1ccccc1-n1ccnc1. The van der Waals surface area contributed by atoms with E-state index >= 15 is 0 Å². The zero-order valence-electron chi connectivity index (χ0n) is 8.08. The normalized spacial score (nSPS) is 10.7. The van der Waals surface area contributed by atoms with Crippen LogP contribution in [0.15, 0.2) is 49.1 Å². The smallest absolute Gasteiger partial charge is 0.142 e. The third-order valence-electron chi connectivity index (χ3n) is 2.07. The van der Waals surface area contributed by atoms with E-state index in [-0.39, 0.29) is 0 Å². The average Bonchev–Trinajstić information content (AvgIpc) is 2.80.